The van der Waals surface area contributed by atoms with Gasteiger partial charge in [-0.1, -0.05) is 35.5 Å². The van der Waals surface area contributed by atoms with Crippen LogP contribution in [0.15, 0.2) is 71.3 Å². The number of nitrogens with one attached hydrogen (secondary N) is 1. The molecule has 3 aromatic carbocycles. The average molecular weight is 412 g/mol. The number of benzene rings is 3. The molecule has 5 nitrogen and oxygen atoms in total. The van der Waals surface area contributed by atoms with Gasteiger partial charge in [-0.15, -0.1) is 0 Å². The zero-order chi connectivity index (χ0) is 21.3. The van der Waals surface area contributed by atoms with Gasteiger partial charge < -0.3 is 14.6 Å². The van der Waals surface area contributed by atoms with Gasteiger partial charge in [0, 0.05) is 11.1 Å². The second-order valence-electron chi connectivity index (χ2n) is 6.47. The molecule has 0 radical (unpaired) electrons. The van der Waals surface area contributed by atoms with Crippen LogP contribution in [0.2, 0.25) is 0 Å². The molecule has 0 saturated heterocycles. The molecule has 4 aromatic rings. The molecule has 1 N–H and O–H groups in total. The first kappa shape index (κ1) is 19.5. The van der Waals surface area contributed by atoms with E-state index in [-0.39, 0.29) is 17.0 Å². The van der Waals surface area contributed by atoms with Crippen LogP contribution in [0.1, 0.15) is 15.9 Å². The number of amides is 1. The molecule has 0 unspecified atom stereocenters. The summed E-state index contributed by atoms with van der Waals surface area (Å²) in [5, 5.41) is 6.89. The summed E-state index contributed by atoms with van der Waals surface area (Å²) in [6.07, 6.45) is -4.66. The van der Waals surface area contributed by atoms with E-state index in [2.05, 4.69) is 10.5 Å². The Morgan fingerprint density at radius 1 is 1.03 bits per heavy atom. The fraction of sp³-hybridized carbons (Fsp3) is 0.0909. The number of carbonyl (C=O) groups excluding carboxylic acids is 1. The fourth-order valence-corrected chi connectivity index (χ4v) is 3.07. The average Bonchev–Trinajstić information content (AvgIpc) is 3.17. The minimum Gasteiger partial charge on any atom is -0.497 e. The first-order valence-electron chi connectivity index (χ1n) is 8.88. The van der Waals surface area contributed by atoms with E-state index >= 15 is 0 Å². The van der Waals surface area contributed by atoms with Crippen molar-refractivity contribution in [3.63, 3.8) is 0 Å². The molecule has 0 bridgehead atoms. The SMILES string of the molecule is COc1ccc(NC(=O)c2ccc3noc(-c4ccccc4)c3c2)c(C(F)(F)F)c1. The molecule has 0 aliphatic rings. The summed E-state index contributed by atoms with van der Waals surface area (Å²) in [5.41, 5.74) is 0.123. The van der Waals surface area contributed by atoms with Crippen LogP contribution >= 0.6 is 0 Å². The third-order valence-corrected chi connectivity index (χ3v) is 4.55. The maximum absolute atomic E-state index is 13.4. The summed E-state index contributed by atoms with van der Waals surface area (Å²) in [6.45, 7) is 0. The molecule has 0 aliphatic carbocycles. The third-order valence-electron chi connectivity index (χ3n) is 4.55. The van der Waals surface area contributed by atoms with E-state index in [9.17, 15) is 18.0 Å². The summed E-state index contributed by atoms with van der Waals surface area (Å²) < 4.78 is 50.5. The lowest BCUT2D eigenvalue weighted by molar-refractivity contribution is -0.137. The van der Waals surface area contributed by atoms with Crippen molar-refractivity contribution >= 4 is 22.5 Å². The number of fused-ring (bicyclic) bond motifs is 1. The number of ether oxygens (including phenoxy) is 1. The van der Waals surface area contributed by atoms with Gasteiger partial charge in [0.1, 0.15) is 11.3 Å². The monoisotopic (exact) mass is 412 g/mol. The maximum Gasteiger partial charge on any atom is 0.418 e. The second-order valence-corrected chi connectivity index (χ2v) is 6.47. The lowest BCUT2D eigenvalue weighted by atomic mass is 10.1. The van der Waals surface area contributed by atoms with Gasteiger partial charge in [0.2, 0.25) is 0 Å². The van der Waals surface area contributed by atoms with Crippen LogP contribution in [0.3, 0.4) is 0 Å². The summed E-state index contributed by atoms with van der Waals surface area (Å²) in [4.78, 5) is 12.7. The van der Waals surface area contributed by atoms with Gasteiger partial charge in [0.05, 0.1) is 23.7 Å². The number of carbonyl (C=O) groups is 1. The molecule has 1 aromatic heterocycles. The van der Waals surface area contributed by atoms with E-state index in [1.165, 1.54) is 19.2 Å². The predicted molar refractivity (Wildman–Crippen MR) is 105 cm³/mol. The van der Waals surface area contributed by atoms with Gasteiger partial charge in [0.25, 0.3) is 5.91 Å². The molecular weight excluding hydrogens is 397 g/mol. The van der Waals surface area contributed by atoms with Gasteiger partial charge in [-0.05, 0) is 36.4 Å². The van der Waals surface area contributed by atoms with E-state index in [1.54, 1.807) is 12.1 Å². The quantitative estimate of drug-likeness (QED) is 0.462. The third kappa shape index (κ3) is 3.71. The van der Waals surface area contributed by atoms with E-state index < -0.39 is 17.6 Å². The summed E-state index contributed by atoms with van der Waals surface area (Å²) in [5.74, 6) is -0.174. The van der Waals surface area contributed by atoms with Crippen LogP contribution in [0.25, 0.3) is 22.2 Å². The number of aromatic nitrogens is 1. The molecule has 0 atom stereocenters. The lowest BCUT2D eigenvalue weighted by Crippen LogP contribution is -2.16. The van der Waals surface area contributed by atoms with Crippen molar-refractivity contribution in [1.82, 2.24) is 5.16 Å². The summed E-state index contributed by atoms with van der Waals surface area (Å²) in [6, 6.07) is 17.1. The Balaban J connectivity index is 1.69. The molecule has 0 saturated carbocycles. The van der Waals surface area contributed by atoms with Crippen LogP contribution in [-0.2, 0) is 6.18 Å². The smallest absolute Gasteiger partial charge is 0.418 e. The Morgan fingerprint density at radius 2 is 1.80 bits per heavy atom. The number of anilines is 1. The maximum atomic E-state index is 13.4. The highest BCUT2D eigenvalue weighted by Gasteiger charge is 2.34. The number of rotatable bonds is 4. The van der Waals surface area contributed by atoms with Crippen molar-refractivity contribution in [1.29, 1.82) is 0 Å². The Kier molecular flexibility index (Phi) is 4.91. The van der Waals surface area contributed by atoms with Crippen LogP contribution < -0.4 is 10.1 Å². The van der Waals surface area contributed by atoms with E-state index in [4.69, 9.17) is 9.26 Å². The zero-order valence-corrected chi connectivity index (χ0v) is 15.7. The lowest BCUT2D eigenvalue weighted by Gasteiger charge is -2.15. The summed E-state index contributed by atoms with van der Waals surface area (Å²) >= 11 is 0. The summed E-state index contributed by atoms with van der Waals surface area (Å²) in [7, 11) is 1.27. The molecule has 4 rings (SSSR count). The van der Waals surface area contributed by atoms with Crippen LogP contribution in [0.4, 0.5) is 18.9 Å². The fourth-order valence-electron chi connectivity index (χ4n) is 3.07. The van der Waals surface area contributed by atoms with Crippen molar-refractivity contribution < 1.29 is 27.2 Å². The second kappa shape index (κ2) is 7.55. The highest BCUT2D eigenvalue weighted by atomic mass is 19.4. The van der Waals surface area contributed by atoms with E-state index in [0.29, 0.717) is 16.7 Å². The van der Waals surface area contributed by atoms with E-state index in [1.807, 2.05) is 30.3 Å². The van der Waals surface area contributed by atoms with Crippen molar-refractivity contribution in [2.45, 2.75) is 6.18 Å². The Bertz CT molecular complexity index is 1220. The Labute approximate surface area is 169 Å². The molecule has 0 fully saturated rings. The van der Waals surface area contributed by atoms with Crippen molar-refractivity contribution in [3.05, 3.63) is 77.9 Å². The number of hydrogen-bond donors (Lipinski definition) is 1. The largest absolute Gasteiger partial charge is 0.497 e. The number of hydrogen-bond acceptors (Lipinski definition) is 4. The number of methoxy groups -OCH3 is 1. The number of alkyl halides is 3. The van der Waals surface area contributed by atoms with Crippen LogP contribution in [0, 0.1) is 0 Å². The van der Waals surface area contributed by atoms with Crippen LogP contribution in [0.5, 0.6) is 5.75 Å². The molecule has 1 heterocycles. The highest BCUT2D eigenvalue weighted by molar-refractivity contribution is 6.07. The van der Waals surface area contributed by atoms with Crippen molar-refractivity contribution in [2.75, 3.05) is 12.4 Å². The minimum absolute atomic E-state index is 0.0405. The number of halogens is 3. The van der Waals surface area contributed by atoms with Gasteiger partial charge in [-0.3, -0.25) is 4.79 Å². The van der Waals surface area contributed by atoms with E-state index in [0.717, 1.165) is 17.7 Å². The highest BCUT2D eigenvalue weighted by Crippen LogP contribution is 2.37. The van der Waals surface area contributed by atoms with Gasteiger partial charge in [-0.2, -0.15) is 13.2 Å². The number of nitrogens with zero attached hydrogens (tertiary/aromatic N) is 1. The van der Waals surface area contributed by atoms with Crippen LogP contribution in [-0.4, -0.2) is 18.2 Å². The first-order chi connectivity index (χ1) is 14.4. The van der Waals surface area contributed by atoms with Gasteiger partial charge in [0.15, 0.2) is 5.76 Å². The standard InChI is InChI=1S/C22H15F3N2O3/c1-29-15-8-10-19(17(12-15)22(23,24)25)26-21(28)14-7-9-18-16(11-14)20(30-27-18)13-5-3-2-4-6-13/h2-12H,1H3,(H,26,28). The van der Waals surface area contributed by atoms with Gasteiger partial charge >= 0.3 is 6.18 Å². The Morgan fingerprint density at radius 3 is 2.50 bits per heavy atom. The Hall–Kier alpha value is -3.81. The first-order valence-corrected chi connectivity index (χ1v) is 8.88. The molecule has 8 heteroatoms. The van der Waals surface area contributed by atoms with Crippen molar-refractivity contribution in [3.8, 4) is 17.1 Å². The molecule has 30 heavy (non-hydrogen) atoms. The zero-order valence-electron chi connectivity index (χ0n) is 15.7. The molecule has 152 valence electrons. The predicted octanol–water partition coefficient (Wildman–Crippen LogP) is 5.77. The molecule has 0 spiro atoms. The molecule has 0 aliphatic heterocycles. The molecular formula is C22H15F3N2O3. The normalized spacial score (nSPS) is 11.5. The van der Waals surface area contributed by atoms with Gasteiger partial charge in [-0.25, -0.2) is 0 Å². The topological polar surface area (TPSA) is 64.4 Å². The van der Waals surface area contributed by atoms with Crippen molar-refractivity contribution in [2.24, 2.45) is 0 Å². The molecule has 1 amide bonds. The minimum atomic E-state index is -4.66.